The monoisotopic (exact) mass is 321 g/mol. The number of amides is 1. The standard InChI is InChI=1S/C20H19NO3/c1-13-5-3-4-6-17(13)20(23)21-18-11-15(8-7-14(18)2)19-10-9-16(12-22)24-19/h3-11,22H,12H2,1-2H3,(H,21,23). The average Bonchev–Trinajstić information content (AvgIpc) is 3.06. The van der Waals surface area contributed by atoms with Gasteiger partial charge in [0.05, 0.1) is 0 Å². The van der Waals surface area contributed by atoms with Gasteiger partial charge in [-0.25, -0.2) is 0 Å². The van der Waals surface area contributed by atoms with E-state index >= 15 is 0 Å². The molecule has 0 aliphatic heterocycles. The van der Waals surface area contributed by atoms with Crippen LogP contribution in [0, 0.1) is 13.8 Å². The first kappa shape index (κ1) is 16.0. The number of nitrogens with one attached hydrogen (secondary N) is 1. The molecule has 0 spiro atoms. The summed E-state index contributed by atoms with van der Waals surface area (Å²) in [5.74, 6) is 1.03. The Hall–Kier alpha value is -2.85. The summed E-state index contributed by atoms with van der Waals surface area (Å²) in [5, 5.41) is 12.1. The highest BCUT2D eigenvalue weighted by molar-refractivity contribution is 6.05. The Kier molecular flexibility index (Phi) is 4.49. The molecule has 4 heteroatoms. The van der Waals surface area contributed by atoms with Crippen molar-refractivity contribution in [3.05, 3.63) is 77.0 Å². The second-order valence-corrected chi connectivity index (χ2v) is 5.72. The number of benzene rings is 2. The van der Waals surface area contributed by atoms with E-state index in [1.54, 1.807) is 6.07 Å². The van der Waals surface area contributed by atoms with Gasteiger partial charge in [-0.15, -0.1) is 0 Å². The lowest BCUT2D eigenvalue weighted by Gasteiger charge is -2.11. The van der Waals surface area contributed by atoms with Gasteiger partial charge >= 0.3 is 0 Å². The molecule has 1 amide bonds. The van der Waals surface area contributed by atoms with Gasteiger partial charge in [0.15, 0.2) is 0 Å². The van der Waals surface area contributed by atoms with Crippen molar-refractivity contribution in [2.75, 3.05) is 5.32 Å². The summed E-state index contributed by atoms with van der Waals surface area (Å²) in [6, 6.07) is 16.8. The van der Waals surface area contributed by atoms with E-state index in [-0.39, 0.29) is 12.5 Å². The minimum absolute atomic E-state index is 0.135. The minimum Gasteiger partial charge on any atom is -0.459 e. The molecule has 1 aromatic heterocycles. The average molecular weight is 321 g/mol. The zero-order valence-electron chi connectivity index (χ0n) is 13.7. The molecule has 3 aromatic rings. The fraction of sp³-hybridized carbons (Fsp3) is 0.150. The number of hydrogen-bond donors (Lipinski definition) is 2. The second kappa shape index (κ2) is 6.72. The molecule has 0 radical (unpaired) electrons. The van der Waals surface area contributed by atoms with Crippen LogP contribution in [0.3, 0.4) is 0 Å². The lowest BCUT2D eigenvalue weighted by molar-refractivity contribution is 0.102. The topological polar surface area (TPSA) is 62.5 Å². The summed E-state index contributed by atoms with van der Waals surface area (Å²) in [7, 11) is 0. The number of furan rings is 1. The number of rotatable bonds is 4. The van der Waals surface area contributed by atoms with Gasteiger partial charge in [-0.3, -0.25) is 4.79 Å². The number of aliphatic hydroxyl groups excluding tert-OH is 1. The fourth-order valence-electron chi connectivity index (χ4n) is 2.55. The molecular formula is C20H19NO3. The van der Waals surface area contributed by atoms with Crippen LogP contribution in [0.25, 0.3) is 11.3 Å². The van der Waals surface area contributed by atoms with Crippen LogP contribution in [-0.2, 0) is 6.61 Å². The second-order valence-electron chi connectivity index (χ2n) is 5.72. The van der Waals surface area contributed by atoms with Crippen molar-refractivity contribution in [2.45, 2.75) is 20.5 Å². The Balaban J connectivity index is 1.89. The zero-order chi connectivity index (χ0) is 17.1. The van der Waals surface area contributed by atoms with Crippen LogP contribution in [-0.4, -0.2) is 11.0 Å². The first-order valence-corrected chi connectivity index (χ1v) is 7.76. The smallest absolute Gasteiger partial charge is 0.255 e. The largest absolute Gasteiger partial charge is 0.459 e. The molecular weight excluding hydrogens is 302 g/mol. The SMILES string of the molecule is Cc1ccc(-c2ccc(CO)o2)cc1NC(=O)c1ccccc1C. The summed E-state index contributed by atoms with van der Waals surface area (Å²) in [5.41, 5.74) is 4.14. The number of carbonyl (C=O) groups excluding carboxylic acids is 1. The van der Waals surface area contributed by atoms with Crippen molar-refractivity contribution in [3.63, 3.8) is 0 Å². The van der Waals surface area contributed by atoms with Gasteiger partial charge in [-0.2, -0.15) is 0 Å². The van der Waals surface area contributed by atoms with E-state index in [0.717, 1.165) is 22.4 Å². The van der Waals surface area contributed by atoms with E-state index in [0.29, 0.717) is 17.1 Å². The molecule has 0 unspecified atom stereocenters. The maximum atomic E-state index is 12.5. The predicted molar refractivity (Wildman–Crippen MR) is 93.9 cm³/mol. The summed E-state index contributed by atoms with van der Waals surface area (Å²) in [4.78, 5) is 12.5. The van der Waals surface area contributed by atoms with E-state index in [2.05, 4.69) is 5.32 Å². The lowest BCUT2D eigenvalue weighted by atomic mass is 10.1. The first-order chi connectivity index (χ1) is 11.6. The van der Waals surface area contributed by atoms with Crippen molar-refractivity contribution >= 4 is 11.6 Å². The highest BCUT2D eigenvalue weighted by atomic mass is 16.4. The lowest BCUT2D eigenvalue weighted by Crippen LogP contribution is -2.14. The summed E-state index contributed by atoms with van der Waals surface area (Å²) in [6.07, 6.45) is 0. The maximum Gasteiger partial charge on any atom is 0.255 e. The zero-order valence-corrected chi connectivity index (χ0v) is 13.7. The number of hydrogen-bond acceptors (Lipinski definition) is 3. The predicted octanol–water partition coefficient (Wildman–Crippen LogP) is 4.31. The van der Waals surface area contributed by atoms with Gasteiger partial charge in [0, 0.05) is 16.8 Å². The third kappa shape index (κ3) is 3.24. The van der Waals surface area contributed by atoms with Gasteiger partial charge in [0.25, 0.3) is 5.91 Å². The van der Waals surface area contributed by atoms with Crippen LogP contribution in [0.15, 0.2) is 59.0 Å². The van der Waals surface area contributed by atoms with Crippen LogP contribution < -0.4 is 5.32 Å². The first-order valence-electron chi connectivity index (χ1n) is 7.76. The molecule has 0 saturated heterocycles. The minimum atomic E-state index is -0.136. The maximum absolute atomic E-state index is 12.5. The van der Waals surface area contributed by atoms with Gasteiger partial charge in [0.1, 0.15) is 18.1 Å². The molecule has 24 heavy (non-hydrogen) atoms. The van der Waals surface area contributed by atoms with Crippen LogP contribution in [0.5, 0.6) is 0 Å². The van der Waals surface area contributed by atoms with E-state index in [1.807, 2.05) is 62.4 Å². The molecule has 0 fully saturated rings. The molecule has 2 N–H and O–H groups in total. The summed E-state index contributed by atoms with van der Waals surface area (Å²) >= 11 is 0. The molecule has 0 atom stereocenters. The molecule has 0 aliphatic rings. The van der Waals surface area contributed by atoms with Gasteiger partial charge in [-0.1, -0.05) is 30.3 Å². The number of aliphatic hydroxyl groups is 1. The molecule has 0 aliphatic carbocycles. The van der Waals surface area contributed by atoms with Crippen molar-refractivity contribution < 1.29 is 14.3 Å². The third-order valence-electron chi connectivity index (χ3n) is 3.98. The van der Waals surface area contributed by atoms with Crippen molar-refractivity contribution in [1.29, 1.82) is 0 Å². The van der Waals surface area contributed by atoms with E-state index in [9.17, 15) is 4.79 Å². The quantitative estimate of drug-likeness (QED) is 0.753. The fourth-order valence-corrected chi connectivity index (χ4v) is 2.55. The molecule has 2 aromatic carbocycles. The van der Waals surface area contributed by atoms with E-state index in [4.69, 9.17) is 9.52 Å². The number of anilines is 1. The third-order valence-corrected chi connectivity index (χ3v) is 3.98. The molecule has 0 saturated carbocycles. The van der Waals surface area contributed by atoms with Crippen molar-refractivity contribution in [1.82, 2.24) is 0 Å². The summed E-state index contributed by atoms with van der Waals surface area (Å²) in [6.45, 7) is 3.72. The Bertz CT molecular complexity index is 880. The van der Waals surface area contributed by atoms with E-state index < -0.39 is 0 Å². The Morgan fingerprint density at radius 3 is 2.54 bits per heavy atom. The number of aryl methyl sites for hydroxylation is 2. The molecule has 4 nitrogen and oxygen atoms in total. The molecule has 122 valence electrons. The van der Waals surface area contributed by atoms with Crippen molar-refractivity contribution in [2.24, 2.45) is 0 Å². The van der Waals surface area contributed by atoms with Crippen LogP contribution in [0.1, 0.15) is 27.2 Å². The Labute approximate surface area is 140 Å². The van der Waals surface area contributed by atoms with E-state index in [1.165, 1.54) is 0 Å². The van der Waals surface area contributed by atoms with Crippen LogP contribution >= 0.6 is 0 Å². The highest BCUT2D eigenvalue weighted by Gasteiger charge is 2.12. The Morgan fingerprint density at radius 2 is 1.83 bits per heavy atom. The molecule has 3 rings (SSSR count). The Morgan fingerprint density at radius 1 is 1.04 bits per heavy atom. The van der Waals surface area contributed by atoms with Crippen molar-refractivity contribution in [3.8, 4) is 11.3 Å². The van der Waals surface area contributed by atoms with Gasteiger partial charge in [-0.05, 0) is 49.2 Å². The molecule has 0 bridgehead atoms. The van der Waals surface area contributed by atoms with Crippen LogP contribution in [0.4, 0.5) is 5.69 Å². The summed E-state index contributed by atoms with van der Waals surface area (Å²) < 4.78 is 5.56. The number of carbonyl (C=O) groups is 1. The highest BCUT2D eigenvalue weighted by Crippen LogP contribution is 2.27. The van der Waals surface area contributed by atoms with Gasteiger partial charge in [0.2, 0.25) is 0 Å². The van der Waals surface area contributed by atoms with Crippen LogP contribution in [0.2, 0.25) is 0 Å². The van der Waals surface area contributed by atoms with Gasteiger partial charge < -0.3 is 14.8 Å². The molecule has 1 heterocycles. The normalized spacial score (nSPS) is 10.6.